The standard InChI is InChI=1S/C24H30O7/c1-21-7-4-12(25)10-14(21)19(27)17(20(28)29-3)18-13-5-8-23(9-6-16(26)31-23)22(13,2)11-15-24(18,21)30-15/h10,13,15,17-19,27H,4-9,11H2,1-3H3/t13?,15-,17+,18?,19+,21+,22+,23-,24-/m1/s1. The lowest BCUT2D eigenvalue weighted by molar-refractivity contribution is -0.179. The zero-order valence-electron chi connectivity index (χ0n) is 18.3. The summed E-state index contributed by atoms with van der Waals surface area (Å²) in [5, 5.41) is 11.5. The lowest BCUT2D eigenvalue weighted by Crippen LogP contribution is -2.66. The van der Waals surface area contributed by atoms with E-state index in [2.05, 4.69) is 13.8 Å². The van der Waals surface area contributed by atoms with Gasteiger partial charge >= 0.3 is 11.9 Å². The molecule has 6 rings (SSSR count). The highest BCUT2D eigenvalue weighted by atomic mass is 16.6. The van der Waals surface area contributed by atoms with E-state index in [-0.39, 0.29) is 35.1 Å². The average Bonchev–Trinajstić information content (AvgIpc) is 3.23. The lowest BCUT2D eigenvalue weighted by atomic mass is 9.43. The van der Waals surface area contributed by atoms with Gasteiger partial charge in [0.1, 0.15) is 11.2 Å². The predicted molar refractivity (Wildman–Crippen MR) is 107 cm³/mol. The third kappa shape index (κ3) is 2.06. The Kier molecular flexibility index (Phi) is 3.72. The zero-order valence-corrected chi connectivity index (χ0v) is 18.3. The van der Waals surface area contributed by atoms with Crippen LogP contribution in [-0.2, 0) is 28.6 Å². The molecule has 4 aliphatic carbocycles. The number of ketones is 1. The first kappa shape index (κ1) is 19.9. The third-order valence-electron chi connectivity index (χ3n) is 10.3. The van der Waals surface area contributed by atoms with E-state index in [4.69, 9.17) is 14.2 Å². The molecule has 0 amide bonds. The van der Waals surface area contributed by atoms with Crippen molar-refractivity contribution in [1.29, 1.82) is 0 Å². The first-order chi connectivity index (χ1) is 14.6. The second-order valence-electron chi connectivity index (χ2n) is 11.1. The number of fused-ring (bicyclic) bond motifs is 4. The smallest absolute Gasteiger partial charge is 0.312 e. The van der Waals surface area contributed by atoms with Crippen LogP contribution in [0.3, 0.4) is 0 Å². The van der Waals surface area contributed by atoms with Crippen LogP contribution in [0, 0.1) is 28.6 Å². The van der Waals surface area contributed by atoms with Crippen molar-refractivity contribution in [1.82, 2.24) is 0 Å². The van der Waals surface area contributed by atoms with Gasteiger partial charge in [-0.25, -0.2) is 0 Å². The number of aliphatic hydroxyl groups excluding tert-OH is 1. The molecular formula is C24H30O7. The third-order valence-corrected chi connectivity index (χ3v) is 10.3. The molecule has 0 bridgehead atoms. The van der Waals surface area contributed by atoms with E-state index < -0.39 is 34.6 Å². The van der Waals surface area contributed by atoms with Crippen LogP contribution < -0.4 is 0 Å². The molecule has 2 saturated heterocycles. The fourth-order valence-corrected chi connectivity index (χ4v) is 8.74. The van der Waals surface area contributed by atoms with Crippen molar-refractivity contribution in [3.8, 4) is 0 Å². The summed E-state index contributed by atoms with van der Waals surface area (Å²) in [6.07, 6.45) is 4.91. The summed E-state index contributed by atoms with van der Waals surface area (Å²) in [5.41, 5.74) is -1.29. The van der Waals surface area contributed by atoms with Gasteiger partial charge in [-0.15, -0.1) is 0 Å². The van der Waals surface area contributed by atoms with Gasteiger partial charge in [-0.1, -0.05) is 13.8 Å². The number of carbonyl (C=O) groups is 3. The van der Waals surface area contributed by atoms with E-state index in [0.29, 0.717) is 31.3 Å². The topological polar surface area (TPSA) is 102 Å². The fourth-order valence-electron chi connectivity index (χ4n) is 8.74. The monoisotopic (exact) mass is 430 g/mol. The van der Waals surface area contributed by atoms with Gasteiger partial charge in [0.25, 0.3) is 0 Å². The van der Waals surface area contributed by atoms with E-state index >= 15 is 0 Å². The molecule has 7 nitrogen and oxygen atoms in total. The van der Waals surface area contributed by atoms with Crippen LogP contribution in [0.5, 0.6) is 0 Å². The highest BCUT2D eigenvalue weighted by Crippen LogP contribution is 2.78. The van der Waals surface area contributed by atoms with Crippen molar-refractivity contribution in [2.75, 3.05) is 7.11 Å². The quantitative estimate of drug-likeness (QED) is 0.502. The fraction of sp³-hybridized carbons (Fsp3) is 0.792. The van der Waals surface area contributed by atoms with Gasteiger partial charge < -0.3 is 19.3 Å². The number of aliphatic hydroxyl groups is 1. The maximum Gasteiger partial charge on any atom is 0.312 e. The first-order valence-electron chi connectivity index (χ1n) is 11.5. The van der Waals surface area contributed by atoms with Crippen molar-refractivity contribution in [3.05, 3.63) is 11.6 Å². The maximum absolute atomic E-state index is 13.1. The van der Waals surface area contributed by atoms with Gasteiger partial charge in [-0.05, 0) is 49.7 Å². The molecular weight excluding hydrogens is 400 g/mol. The Morgan fingerprint density at radius 3 is 2.65 bits per heavy atom. The molecule has 1 N–H and O–H groups in total. The highest BCUT2D eigenvalue weighted by molar-refractivity contribution is 5.92. The van der Waals surface area contributed by atoms with Crippen LogP contribution in [0.2, 0.25) is 0 Å². The van der Waals surface area contributed by atoms with Gasteiger partial charge in [0, 0.05) is 29.6 Å². The van der Waals surface area contributed by atoms with Gasteiger partial charge in [-0.3, -0.25) is 14.4 Å². The summed E-state index contributed by atoms with van der Waals surface area (Å²) in [6.45, 7) is 4.28. The number of hydrogen-bond acceptors (Lipinski definition) is 7. The molecule has 3 saturated carbocycles. The van der Waals surface area contributed by atoms with Crippen molar-refractivity contribution >= 4 is 17.7 Å². The highest BCUT2D eigenvalue weighted by Gasteiger charge is 2.84. The molecule has 0 aromatic heterocycles. The van der Waals surface area contributed by atoms with Gasteiger partial charge in [-0.2, -0.15) is 0 Å². The molecule has 2 spiro atoms. The molecule has 31 heavy (non-hydrogen) atoms. The molecule has 6 aliphatic rings. The normalized spacial score (nSPS) is 54.3. The first-order valence-corrected chi connectivity index (χ1v) is 11.5. The Morgan fingerprint density at radius 1 is 1.19 bits per heavy atom. The van der Waals surface area contributed by atoms with Gasteiger partial charge in [0.05, 0.1) is 25.2 Å². The van der Waals surface area contributed by atoms with Crippen LogP contribution in [0.25, 0.3) is 0 Å². The number of esters is 2. The summed E-state index contributed by atoms with van der Waals surface area (Å²) in [4.78, 5) is 37.5. The summed E-state index contributed by atoms with van der Waals surface area (Å²) >= 11 is 0. The average molecular weight is 430 g/mol. The molecule has 0 aromatic carbocycles. The van der Waals surface area contributed by atoms with Crippen molar-refractivity contribution < 1.29 is 33.7 Å². The van der Waals surface area contributed by atoms with Crippen LogP contribution in [-0.4, -0.2) is 53.3 Å². The predicted octanol–water partition coefficient (Wildman–Crippen LogP) is 2.10. The lowest BCUT2D eigenvalue weighted by Gasteiger charge is -2.59. The number of rotatable bonds is 1. The molecule has 2 heterocycles. The maximum atomic E-state index is 13.1. The number of ether oxygens (including phenoxy) is 3. The van der Waals surface area contributed by atoms with E-state index in [1.807, 2.05) is 0 Å². The Morgan fingerprint density at radius 2 is 1.97 bits per heavy atom. The summed E-state index contributed by atoms with van der Waals surface area (Å²) in [6, 6.07) is 0. The molecule has 2 unspecified atom stereocenters. The Hall–Kier alpha value is -1.73. The zero-order chi connectivity index (χ0) is 22.0. The van der Waals surface area contributed by atoms with Crippen molar-refractivity contribution in [3.63, 3.8) is 0 Å². The molecule has 5 fully saturated rings. The SMILES string of the molecule is COC(=O)[C@H]1C2C3CC[C@@]4(CCC(=O)O4)[C@@]3(C)C[C@H]3O[C@@]23[C@@]2(C)CCC(=O)C=C2[C@@H]1O. The summed E-state index contributed by atoms with van der Waals surface area (Å²) in [5.74, 6) is -1.59. The Labute approximate surface area is 181 Å². The minimum atomic E-state index is -1.08. The molecule has 9 atom stereocenters. The Bertz CT molecular complexity index is 940. The van der Waals surface area contributed by atoms with Crippen LogP contribution in [0.1, 0.15) is 58.8 Å². The second-order valence-corrected chi connectivity index (χ2v) is 11.1. The van der Waals surface area contributed by atoms with E-state index in [9.17, 15) is 19.5 Å². The van der Waals surface area contributed by atoms with Crippen LogP contribution in [0.4, 0.5) is 0 Å². The molecule has 168 valence electrons. The van der Waals surface area contributed by atoms with E-state index in [1.165, 1.54) is 7.11 Å². The second kappa shape index (κ2) is 5.79. The molecule has 2 aliphatic heterocycles. The number of carbonyl (C=O) groups excluding carboxylic acids is 3. The van der Waals surface area contributed by atoms with Gasteiger partial charge in [0.15, 0.2) is 5.78 Å². The number of hydrogen-bond donors (Lipinski definition) is 1. The van der Waals surface area contributed by atoms with Gasteiger partial charge in [0.2, 0.25) is 0 Å². The van der Waals surface area contributed by atoms with Crippen molar-refractivity contribution in [2.45, 2.75) is 82.2 Å². The van der Waals surface area contributed by atoms with Crippen LogP contribution >= 0.6 is 0 Å². The van der Waals surface area contributed by atoms with Crippen molar-refractivity contribution in [2.24, 2.45) is 28.6 Å². The minimum absolute atomic E-state index is 0.0134. The molecule has 0 radical (unpaired) electrons. The largest absolute Gasteiger partial charge is 0.469 e. The Balaban J connectivity index is 1.52. The number of methoxy groups -OCH3 is 1. The minimum Gasteiger partial charge on any atom is -0.469 e. The summed E-state index contributed by atoms with van der Waals surface area (Å²) < 4.78 is 17.7. The van der Waals surface area contributed by atoms with E-state index in [1.54, 1.807) is 6.08 Å². The molecule has 0 aromatic rings. The molecule has 7 heteroatoms. The number of epoxide rings is 1. The van der Waals surface area contributed by atoms with E-state index in [0.717, 1.165) is 19.3 Å². The summed E-state index contributed by atoms with van der Waals surface area (Å²) in [7, 11) is 1.35. The van der Waals surface area contributed by atoms with Crippen LogP contribution in [0.15, 0.2) is 11.6 Å².